The van der Waals surface area contributed by atoms with Crippen molar-refractivity contribution in [1.29, 1.82) is 0 Å². The van der Waals surface area contributed by atoms with Gasteiger partial charge in [-0.25, -0.2) is 0 Å². The van der Waals surface area contributed by atoms with Crippen molar-refractivity contribution in [1.82, 2.24) is 10.6 Å². The van der Waals surface area contributed by atoms with E-state index in [-0.39, 0.29) is 6.04 Å². The summed E-state index contributed by atoms with van der Waals surface area (Å²) in [6.07, 6.45) is 1.64. The molecule has 1 atom stereocenters. The Kier molecular flexibility index (Phi) is 7.66. The van der Waals surface area contributed by atoms with Gasteiger partial charge in [0.2, 0.25) is 0 Å². The van der Waals surface area contributed by atoms with Crippen LogP contribution in [0.3, 0.4) is 0 Å². The quantitative estimate of drug-likeness (QED) is 0.414. The Hall–Kier alpha value is -2.84. The topological polar surface area (TPSA) is 88.2 Å². The molecule has 0 spiro atoms. The van der Waals surface area contributed by atoms with Gasteiger partial charge in [-0.1, -0.05) is 18.2 Å². The lowest BCUT2D eigenvalue weighted by molar-refractivity contribution is -0.932. The van der Waals surface area contributed by atoms with Gasteiger partial charge in [-0.15, -0.1) is 0 Å². The molecule has 29 heavy (non-hydrogen) atoms. The first-order chi connectivity index (χ1) is 14.2. The molecular formula is C21H29N4O4+. The summed E-state index contributed by atoms with van der Waals surface area (Å²) in [7, 11) is 1.54. The van der Waals surface area contributed by atoms with E-state index < -0.39 is 11.8 Å². The van der Waals surface area contributed by atoms with Crippen LogP contribution < -0.4 is 20.4 Å². The van der Waals surface area contributed by atoms with E-state index in [1.165, 1.54) is 10.6 Å². The van der Waals surface area contributed by atoms with Crippen molar-refractivity contribution in [2.24, 2.45) is 0 Å². The highest BCUT2D eigenvalue weighted by Crippen LogP contribution is 2.14. The number of carbonyl (C=O) groups is 2. The molecule has 1 fully saturated rings. The SMILES string of the molecule is COCCNC(=O)C(=O)NC[C@@H](c1ccco1)[NH+]1CCN(c2ccccc2)CC1. The molecule has 1 aliphatic rings. The van der Waals surface area contributed by atoms with Crippen LogP contribution in [0.5, 0.6) is 0 Å². The number of piperazine rings is 1. The molecule has 3 N–H and O–H groups in total. The average molecular weight is 401 g/mol. The van der Waals surface area contributed by atoms with Crippen LogP contribution in [0.2, 0.25) is 0 Å². The number of furan rings is 1. The minimum atomic E-state index is -0.649. The number of hydrogen-bond donors (Lipinski definition) is 3. The fourth-order valence-corrected chi connectivity index (χ4v) is 3.60. The summed E-state index contributed by atoms with van der Waals surface area (Å²) in [5.41, 5.74) is 1.22. The van der Waals surface area contributed by atoms with Gasteiger partial charge >= 0.3 is 11.8 Å². The van der Waals surface area contributed by atoms with Gasteiger partial charge in [0.25, 0.3) is 0 Å². The first-order valence-electron chi connectivity index (χ1n) is 9.92. The Balaban J connectivity index is 1.56. The summed E-state index contributed by atoms with van der Waals surface area (Å²) in [6, 6.07) is 14.1. The fourth-order valence-electron chi connectivity index (χ4n) is 3.60. The Bertz CT molecular complexity index is 758. The second-order valence-electron chi connectivity index (χ2n) is 7.01. The number of hydrogen-bond acceptors (Lipinski definition) is 5. The third-order valence-corrected chi connectivity index (χ3v) is 5.17. The zero-order valence-electron chi connectivity index (χ0n) is 16.7. The van der Waals surface area contributed by atoms with Crippen molar-refractivity contribution in [3.05, 3.63) is 54.5 Å². The number of quaternary nitrogens is 1. The predicted octanol–water partition coefficient (Wildman–Crippen LogP) is -0.395. The summed E-state index contributed by atoms with van der Waals surface area (Å²) >= 11 is 0. The first-order valence-corrected chi connectivity index (χ1v) is 9.92. The monoisotopic (exact) mass is 401 g/mol. The standard InChI is InChI=1S/C21H28N4O4/c1-28-15-9-22-20(26)21(27)23-16-18(19-8-5-14-29-19)25-12-10-24(11-13-25)17-6-3-2-4-7-17/h2-8,14,18H,9-13,15-16H2,1H3,(H,22,26)(H,23,27)/p+1/t18-/m0/s1. The molecule has 2 heterocycles. The van der Waals surface area contributed by atoms with Gasteiger partial charge < -0.3 is 29.6 Å². The molecule has 1 aromatic carbocycles. The Morgan fingerprint density at radius 2 is 1.83 bits per heavy atom. The molecule has 8 heteroatoms. The molecule has 0 unspecified atom stereocenters. The molecule has 2 aromatic rings. The second kappa shape index (κ2) is 10.6. The number of rotatable bonds is 8. The number of anilines is 1. The van der Waals surface area contributed by atoms with Crippen molar-refractivity contribution in [2.75, 3.05) is 57.9 Å². The van der Waals surface area contributed by atoms with Crippen molar-refractivity contribution in [3.8, 4) is 0 Å². The summed E-state index contributed by atoms with van der Waals surface area (Å²) in [6.45, 7) is 4.67. The number of nitrogens with one attached hydrogen (secondary N) is 3. The van der Waals surface area contributed by atoms with E-state index in [2.05, 4.69) is 27.7 Å². The summed E-state index contributed by atoms with van der Waals surface area (Å²) < 4.78 is 10.5. The van der Waals surface area contributed by atoms with Gasteiger partial charge in [-0.3, -0.25) is 9.59 Å². The Morgan fingerprint density at radius 1 is 1.10 bits per heavy atom. The third-order valence-electron chi connectivity index (χ3n) is 5.17. The van der Waals surface area contributed by atoms with Crippen LogP contribution in [0.1, 0.15) is 11.8 Å². The Morgan fingerprint density at radius 3 is 2.48 bits per heavy atom. The summed E-state index contributed by atoms with van der Waals surface area (Å²) in [5.74, 6) is -0.475. The number of benzene rings is 1. The smallest absolute Gasteiger partial charge is 0.309 e. The van der Waals surface area contributed by atoms with E-state index in [1.54, 1.807) is 13.4 Å². The summed E-state index contributed by atoms with van der Waals surface area (Å²) in [4.78, 5) is 27.7. The first kappa shape index (κ1) is 20.9. The van der Waals surface area contributed by atoms with E-state index in [1.807, 2.05) is 30.3 Å². The van der Waals surface area contributed by atoms with Crippen LogP contribution in [0.4, 0.5) is 5.69 Å². The molecule has 2 amide bonds. The fraction of sp³-hybridized carbons (Fsp3) is 0.429. The molecule has 1 aromatic heterocycles. The van der Waals surface area contributed by atoms with Crippen LogP contribution in [0.15, 0.2) is 53.1 Å². The maximum Gasteiger partial charge on any atom is 0.309 e. The number of ether oxygens (including phenoxy) is 1. The lowest BCUT2D eigenvalue weighted by Gasteiger charge is -2.37. The van der Waals surface area contributed by atoms with Gasteiger partial charge in [-0.05, 0) is 24.3 Å². The number of methoxy groups -OCH3 is 1. The third kappa shape index (κ3) is 5.82. The molecule has 1 saturated heterocycles. The molecule has 0 bridgehead atoms. The van der Waals surface area contributed by atoms with Gasteiger partial charge in [0.15, 0.2) is 11.8 Å². The van der Waals surface area contributed by atoms with Crippen molar-refractivity contribution in [3.63, 3.8) is 0 Å². The normalized spacial score (nSPS) is 15.7. The van der Waals surface area contributed by atoms with Crippen molar-refractivity contribution < 1.29 is 23.6 Å². The van der Waals surface area contributed by atoms with E-state index in [9.17, 15) is 9.59 Å². The molecular weight excluding hydrogens is 372 g/mol. The molecule has 1 aliphatic heterocycles. The molecule has 0 aliphatic carbocycles. The van der Waals surface area contributed by atoms with Crippen LogP contribution in [-0.4, -0.2) is 64.8 Å². The molecule has 8 nitrogen and oxygen atoms in total. The van der Waals surface area contributed by atoms with E-state index in [0.717, 1.165) is 31.9 Å². The predicted molar refractivity (Wildman–Crippen MR) is 109 cm³/mol. The van der Waals surface area contributed by atoms with Crippen LogP contribution in [0, 0.1) is 0 Å². The molecule has 0 saturated carbocycles. The highest BCUT2D eigenvalue weighted by Gasteiger charge is 2.31. The number of carbonyl (C=O) groups excluding carboxylic acids is 2. The minimum absolute atomic E-state index is 0.0429. The summed E-state index contributed by atoms with van der Waals surface area (Å²) in [5, 5.41) is 5.28. The van der Waals surface area contributed by atoms with E-state index in [0.29, 0.717) is 19.7 Å². The molecule has 156 valence electrons. The van der Waals surface area contributed by atoms with Gasteiger partial charge in [-0.2, -0.15) is 0 Å². The van der Waals surface area contributed by atoms with E-state index >= 15 is 0 Å². The van der Waals surface area contributed by atoms with Crippen LogP contribution >= 0.6 is 0 Å². The van der Waals surface area contributed by atoms with Gasteiger partial charge in [0.1, 0.15) is 0 Å². The van der Waals surface area contributed by atoms with Crippen LogP contribution in [0.25, 0.3) is 0 Å². The number of para-hydroxylation sites is 1. The van der Waals surface area contributed by atoms with Gasteiger partial charge in [0, 0.05) is 19.3 Å². The lowest BCUT2D eigenvalue weighted by Crippen LogP contribution is -3.15. The minimum Gasteiger partial charge on any atom is -0.463 e. The molecule has 3 rings (SSSR count). The zero-order valence-corrected chi connectivity index (χ0v) is 16.7. The van der Waals surface area contributed by atoms with Gasteiger partial charge in [0.05, 0.1) is 45.6 Å². The van der Waals surface area contributed by atoms with E-state index in [4.69, 9.17) is 9.15 Å². The highest BCUT2D eigenvalue weighted by atomic mass is 16.5. The van der Waals surface area contributed by atoms with Crippen molar-refractivity contribution >= 4 is 17.5 Å². The average Bonchev–Trinajstić information content (AvgIpc) is 3.29. The lowest BCUT2D eigenvalue weighted by atomic mass is 10.1. The zero-order chi connectivity index (χ0) is 20.5. The maximum absolute atomic E-state index is 12.1. The second-order valence-corrected chi connectivity index (χ2v) is 7.01. The molecule has 0 radical (unpaired) electrons. The van der Waals surface area contributed by atoms with Crippen molar-refractivity contribution in [2.45, 2.75) is 6.04 Å². The number of amides is 2. The van der Waals surface area contributed by atoms with Crippen LogP contribution in [-0.2, 0) is 14.3 Å². The highest BCUT2D eigenvalue weighted by molar-refractivity contribution is 6.35. The largest absolute Gasteiger partial charge is 0.463 e. The number of nitrogens with zero attached hydrogens (tertiary/aromatic N) is 1. The maximum atomic E-state index is 12.1. The Labute approximate surface area is 170 Å².